The van der Waals surface area contributed by atoms with E-state index in [2.05, 4.69) is 35.4 Å². The zero-order chi connectivity index (χ0) is 17.9. The summed E-state index contributed by atoms with van der Waals surface area (Å²) in [7, 11) is 0. The van der Waals surface area contributed by atoms with Crippen LogP contribution in [-0.2, 0) is 6.54 Å². The highest BCUT2D eigenvalue weighted by molar-refractivity contribution is 6.34. The number of carbonyl (C=O) groups excluding carboxylic acids is 1. The molecule has 1 amide bonds. The molecule has 1 aliphatic rings. The van der Waals surface area contributed by atoms with Crippen molar-refractivity contribution in [2.75, 3.05) is 25.0 Å². The predicted molar refractivity (Wildman–Crippen MR) is 103 cm³/mol. The number of hydrogen-bond donors (Lipinski definition) is 2. The zero-order valence-electron chi connectivity index (χ0n) is 14.7. The fraction of sp³-hybridized carbons (Fsp3) is 0.350. The van der Waals surface area contributed by atoms with Gasteiger partial charge in [-0.05, 0) is 43.7 Å². The zero-order valence-corrected chi connectivity index (χ0v) is 15.4. The molecule has 0 saturated carbocycles. The molecule has 0 unspecified atom stereocenters. The number of benzene rings is 2. The van der Waals surface area contributed by atoms with Crippen molar-refractivity contribution in [1.82, 2.24) is 10.2 Å². The van der Waals surface area contributed by atoms with Gasteiger partial charge in [0.2, 0.25) is 0 Å². The maximum Gasteiger partial charge on any atom is 0.257 e. The number of rotatable bonds is 4. The Morgan fingerprint density at radius 2 is 2.04 bits per heavy atom. The van der Waals surface area contributed by atoms with E-state index in [1.54, 1.807) is 12.1 Å². The molecule has 2 aromatic carbocycles. The summed E-state index contributed by atoms with van der Waals surface area (Å²) in [6, 6.07) is 15.1. The molecule has 1 saturated heterocycles. The Morgan fingerprint density at radius 1 is 1.24 bits per heavy atom. The van der Waals surface area contributed by atoms with Gasteiger partial charge in [0, 0.05) is 37.4 Å². The third-order valence-corrected chi connectivity index (χ3v) is 4.69. The summed E-state index contributed by atoms with van der Waals surface area (Å²) in [5.41, 5.74) is 2.60. The molecule has 1 aliphatic heterocycles. The fourth-order valence-electron chi connectivity index (χ4n) is 3.23. The van der Waals surface area contributed by atoms with Gasteiger partial charge in [0.05, 0.1) is 10.6 Å². The number of nitrogens with zero attached hydrogens (tertiary/aromatic N) is 1. The number of carbonyl (C=O) groups is 1. The van der Waals surface area contributed by atoms with Gasteiger partial charge in [-0.15, -0.1) is 0 Å². The van der Waals surface area contributed by atoms with Gasteiger partial charge in [0.1, 0.15) is 0 Å². The summed E-state index contributed by atoms with van der Waals surface area (Å²) in [6.07, 6.45) is 0. The number of halogens is 1. The lowest BCUT2D eigenvalue weighted by Gasteiger charge is -2.39. The summed E-state index contributed by atoms with van der Waals surface area (Å²) in [5.74, 6) is -0.189. The summed E-state index contributed by atoms with van der Waals surface area (Å²) >= 11 is 6.10. The lowest BCUT2D eigenvalue weighted by atomic mass is 10.0. The molecule has 0 aliphatic carbocycles. The van der Waals surface area contributed by atoms with E-state index in [-0.39, 0.29) is 11.4 Å². The highest BCUT2D eigenvalue weighted by atomic mass is 35.5. The van der Waals surface area contributed by atoms with Crippen LogP contribution in [-0.4, -0.2) is 36.0 Å². The summed E-state index contributed by atoms with van der Waals surface area (Å²) in [5, 5.41) is 6.92. The van der Waals surface area contributed by atoms with Crippen molar-refractivity contribution in [2.45, 2.75) is 25.9 Å². The summed E-state index contributed by atoms with van der Waals surface area (Å²) in [4.78, 5) is 14.8. The van der Waals surface area contributed by atoms with Crippen LogP contribution in [0.25, 0.3) is 0 Å². The molecule has 0 spiro atoms. The van der Waals surface area contributed by atoms with Crippen molar-refractivity contribution in [3.63, 3.8) is 0 Å². The van der Waals surface area contributed by atoms with Gasteiger partial charge in [-0.25, -0.2) is 0 Å². The first kappa shape index (κ1) is 17.9. The molecule has 1 heterocycles. The third kappa shape index (κ3) is 4.82. The topological polar surface area (TPSA) is 44.4 Å². The van der Waals surface area contributed by atoms with Crippen molar-refractivity contribution >= 4 is 23.2 Å². The second kappa shape index (κ2) is 7.56. The second-order valence-electron chi connectivity index (χ2n) is 7.16. The van der Waals surface area contributed by atoms with Gasteiger partial charge in [-0.2, -0.15) is 0 Å². The van der Waals surface area contributed by atoms with E-state index in [9.17, 15) is 4.79 Å². The van der Waals surface area contributed by atoms with E-state index in [4.69, 9.17) is 11.6 Å². The van der Waals surface area contributed by atoms with E-state index in [1.165, 1.54) is 5.56 Å². The van der Waals surface area contributed by atoms with E-state index >= 15 is 0 Å². The fourth-order valence-corrected chi connectivity index (χ4v) is 3.45. The minimum atomic E-state index is -0.189. The SMILES string of the molecule is CC1(C)CN(Cc2cccc(NC(=O)c3ccccc3Cl)c2)CCN1. The normalized spacial score (nSPS) is 17.2. The Hall–Kier alpha value is -1.88. The minimum absolute atomic E-state index is 0.133. The molecular formula is C20H24ClN3O. The maximum atomic E-state index is 12.4. The lowest BCUT2D eigenvalue weighted by Crippen LogP contribution is -2.56. The van der Waals surface area contributed by atoms with Crippen molar-refractivity contribution in [3.05, 3.63) is 64.7 Å². The van der Waals surface area contributed by atoms with Crippen molar-refractivity contribution < 1.29 is 4.79 Å². The van der Waals surface area contributed by atoms with Crippen LogP contribution in [0.2, 0.25) is 5.02 Å². The number of amides is 1. The quantitative estimate of drug-likeness (QED) is 0.875. The molecule has 5 heteroatoms. The lowest BCUT2D eigenvalue weighted by molar-refractivity contribution is 0.102. The number of piperazine rings is 1. The monoisotopic (exact) mass is 357 g/mol. The average Bonchev–Trinajstić information content (AvgIpc) is 2.54. The standard InChI is InChI=1S/C20H24ClN3O/c1-20(2)14-24(11-10-22-20)13-15-6-5-7-16(12-15)23-19(25)17-8-3-4-9-18(17)21/h3-9,12,22H,10-11,13-14H2,1-2H3,(H,23,25). The molecule has 4 nitrogen and oxygen atoms in total. The van der Waals surface area contributed by atoms with Crippen molar-refractivity contribution in [3.8, 4) is 0 Å². The van der Waals surface area contributed by atoms with E-state index in [1.807, 2.05) is 30.3 Å². The largest absolute Gasteiger partial charge is 0.322 e. The molecule has 25 heavy (non-hydrogen) atoms. The van der Waals surface area contributed by atoms with E-state index in [0.29, 0.717) is 10.6 Å². The van der Waals surface area contributed by atoms with Gasteiger partial charge >= 0.3 is 0 Å². The first-order chi connectivity index (χ1) is 11.9. The number of hydrogen-bond acceptors (Lipinski definition) is 3. The molecule has 0 radical (unpaired) electrons. The molecule has 2 N–H and O–H groups in total. The predicted octanol–water partition coefficient (Wildman–Crippen LogP) is 3.78. The summed E-state index contributed by atoms with van der Waals surface area (Å²) in [6.45, 7) is 8.35. The van der Waals surface area contributed by atoms with Crippen LogP contribution in [0.1, 0.15) is 29.8 Å². The minimum Gasteiger partial charge on any atom is -0.322 e. The van der Waals surface area contributed by atoms with Crippen LogP contribution in [0, 0.1) is 0 Å². The van der Waals surface area contributed by atoms with Crippen LogP contribution in [0.3, 0.4) is 0 Å². The average molecular weight is 358 g/mol. The van der Waals surface area contributed by atoms with Crippen LogP contribution in [0.15, 0.2) is 48.5 Å². The Balaban J connectivity index is 1.67. The molecule has 2 aromatic rings. The van der Waals surface area contributed by atoms with Crippen LogP contribution < -0.4 is 10.6 Å². The first-order valence-electron chi connectivity index (χ1n) is 8.55. The smallest absolute Gasteiger partial charge is 0.257 e. The second-order valence-corrected chi connectivity index (χ2v) is 7.56. The van der Waals surface area contributed by atoms with Gasteiger partial charge in [-0.3, -0.25) is 9.69 Å². The molecular weight excluding hydrogens is 334 g/mol. The third-order valence-electron chi connectivity index (χ3n) is 4.36. The summed E-state index contributed by atoms with van der Waals surface area (Å²) < 4.78 is 0. The number of nitrogens with one attached hydrogen (secondary N) is 2. The molecule has 132 valence electrons. The maximum absolute atomic E-state index is 12.4. The Labute approximate surface area is 154 Å². The first-order valence-corrected chi connectivity index (χ1v) is 8.93. The van der Waals surface area contributed by atoms with Crippen molar-refractivity contribution in [1.29, 1.82) is 0 Å². The molecule has 3 rings (SSSR count). The Morgan fingerprint density at radius 3 is 2.80 bits per heavy atom. The Bertz CT molecular complexity index is 760. The highest BCUT2D eigenvalue weighted by Crippen LogP contribution is 2.19. The molecule has 0 atom stereocenters. The van der Waals surface area contributed by atoms with Gasteiger partial charge < -0.3 is 10.6 Å². The highest BCUT2D eigenvalue weighted by Gasteiger charge is 2.25. The van der Waals surface area contributed by atoms with Crippen LogP contribution in [0.5, 0.6) is 0 Å². The van der Waals surface area contributed by atoms with E-state index < -0.39 is 0 Å². The van der Waals surface area contributed by atoms with Crippen LogP contribution >= 0.6 is 11.6 Å². The molecule has 1 fully saturated rings. The van der Waals surface area contributed by atoms with E-state index in [0.717, 1.165) is 31.9 Å². The van der Waals surface area contributed by atoms with Gasteiger partial charge in [0.25, 0.3) is 5.91 Å². The van der Waals surface area contributed by atoms with Gasteiger partial charge in [-0.1, -0.05) is 35.9 Å². The molecule has 0 bridgehead atoms. The van der Waals surface area contributed by atoms with Crippen LogP contribution in [0.4, 0.5) is 5.69 Å². The number of anilines is 1. The van der Waals surface area contributed by atoms with Crippen molar-refractivity contribution in [2.24, 2.45) is 0 Å². The molecule has 0 aromatic heterocycles. The van der Waals surface area contributed by atoms with Gasteiger partial charge in [0.15, 0.2) is 0 Å². The Kier molecular flexibility index (Phi) is 5.42.